The minimum absolute atomic E-state index is 0.0411. The van der Waals surface area contributed by atoms with Crippen LogP contribution in [0.4, 0.5) is 47.7 Å². The number of piperidine rings is 1. The number of alkyl halides is 3. The van der Waals surface area contributed by atoms with Crippen LogP contribution in [0.5, 0.6) is 5.75 Å². The van der Waals surface area contributed by atoms with Crippen LogP contribution in [-0.2, 0) is 10.0 Å². The molecule has 0 saturated carbocycles. The number of anilines is 6. The van der Waals surface area contributed by atoms with Gasteiger partial charge in [0.1, 0.15) is 16.7 Å². The van der Waals surface area contributed by atoms with E-state index in [0.717, 1.165) is 49.6 Å². The Morgan fingerprint density at radius 3 is 2.42 bits per heavy atom. The summed E-state index contributed by atoms with van der Waals surface area (Å²) in [6.45, 7) is 9.33. The monoisotopic (exact) mass is 752 g/mol. The molecule has 280 valence electrons. The Kier molecular flexibility index (Phi) is 9.77. The molecule has 3 aromatic heterocycles. The Labute approximate surface area is 304 Å². The molecule has 0 radical (unpaired) electrons. The number of furan rings is 1. The molecule has 5 heterocycles. The molecule has 2 aliphatic rings. The van der Waals surface area contributed by atoms with E-state index in [9.17, 15) is 21.6 Å². The Bertz CT molecular complexity index is 2250. The zero-order chi connectivity index (χ0) is 37.5. The minimum Gasteiger partial charge on any atom is -0.459 e. The SMILES string of the molecule is C=Cc1cc(Nc2nc(Nc3ccc4nccnc4c3N(C)S(C)(=O)=O)c3occc3n2)c(OC(F)(F)F)cc1N1CCC(N2CCN(C)CC2)CC1. The van der Waals surface area contributed by atoms with E-state index in [1.165, 1.54) is 37.8 Å². The van der Waals surface area contributed by atoms with E-state index in [-0.39, 0.29) is 28.7 Å². The van der Waals surface area contributed by atoms with Crippen molar-refractivity contribution >= 4 is 72.7 Å². The third-order valence-electron chi connectivity index (χ3n) is 9.66. The van der Waals surface area contributed by atoms with Crippen molar-refractivity contribution in [2.75, 3.05) is 79.5 Å². The summed E-state index contributed by atoms with van der Waals surface area (Å²) in [5.74, 6) is -0.436. The van der Waals surface area contributed by atoms with Crippen molar-refractivity contribution in [3.05, 3.63) is 61.1 Å². The molecule has 2 N–H and O–H groups in total. The summed E-state index contributed by atoms with van der Waals surface area (Å²) >= 11 is 0. The number of piperazine rings is 1. The molecule has 2 saturated heterocycles. The molecule has 14 nitrogen and oxygen atoms in total. The number of sulfonamides is 1. The normalized spacial score (nSPS) is 16.6. The number of hydrogen-bond donors (Lipinski definition) is 2. The van der Waals surface area contributed by atoms with Gasteiger partial charge in [0.25, 0.3) is 0 Å². The van der Waals surface area contributed by atoms with E-state index in [4.69, 9.17) is 4.42 Å². The molecule has 2 aliphatic heterocycles. The molecule has 18 heteroatoms. The fourth-order valence-electron chi connectivity index (χ4n) is 6.85. The molecule has 5 aromatic rings. The number of benzene rings is 2. The van der Waals surface area contributed by atoms with Gasteiger partial charge in [0, 0.05) is 82.6 Å². The van der Waals surface area contributed by atoms with Crippen molar-refractivity contribution in [2.45, 2.75) is 25.2 Å². The molecule has 53 heavy (non-hydrogen) atoms. The molecule has 2 fully saturated rings. The van der Waals surface area contributed by atoms with Gasteiger partial charge in [-0.2, -0.15) is 4.98 Å². The third kappa shape index (κ3) is 7.79. The van der Waals surface area contributed by atoms with Gasteiger partial charge in [-0.1, -0.05) is 12.7 Å². The number of ether oxygens (including phenoxy) is 1. The molecule has 7 rings (SSSR count). The summed E-state index contributed by atoms with van der Waals surface area (Å²) in [6.07, 6.45) is 3.77. The van der Waals surface area contributed by atoms with Gasteiger partial charge in [0.05, 0.1) is 29.4 Å². The van der Waals surface area contributed by atoms with E-state index in [1.54, 1.807) is 24.3 Å². The average molecular weight is 753 g/mol. The second-order valence-electron chi connectivity index (χ2n) is 13.1. The molecule has 0 aliphatic carbocycles. The summed E-state index contributed by atoms with van der Waals surface area (Å²) in [4.78, 5) is 24.6. The molecule has 0 amide bonds. The Morgan fingerprint density at radius 2 is 1.72 bits per heavy atom. The number of hydrogen-bond acceptors (Lipinski definition) is 13. The first kappa shape index (κ1) is 36.2. The summed E-state index contributed by atoms with van der Waals surface area (Å²) in [5.41, 5.74) is 2.95. The van der Waals surface area contributed by atoms with Gasteiger partial charge >= 0.3 is 6.36 Å². The first-order valence-electron chi connectivity index (χ1n) is 17.0. The van der Waals surface area contributed by atoms with Crippen molar-refractivity contribution in [1.82, 2.24) is 29.7 Å². The molecule has 0 unspecified atom stereocenters. The summed E-state index contributed by atoms with van der Waals surface area (Å²) in [5, 5.41) is 6.05. The van der Waals surface area contributed by atoms with E-state index < -0.39 is 22.1 Å². The smallest absolute Gasteiger partial charge is 0.459 e. The maximum atomic E-state index is 13.9. The number of aromatic nitrogens is 4. The topological polar surface area (TPSA) is 145 Å². The summed E-state index contributed by atoms with van der Waals surface area (Å²) in [6, 6.07) is 8.19. The number of nitrogens with zero attached hydrogens (tertiary/aromatic N) is 8. The maximum absolute atomic E-state index is 13.9. The van der Waals surface area contributed by atoms with Crippen LogP contribution in [-0.4, -0.2) is 110 Å². The predicted molar refractivity (Wildman–Crippen MR) is 199 cm³/mol. The molecule has 0 atom stereocenters. The zero-order valence-corrected chi connectivity index (χ0v) is 30.2. The van der Waals surface area contributed by atoms with Gasteiger partial charge in [-0.25, -0.2) is 13.4 Å². The first-order chi connectivity index (χ1) is 25.3. The van der Waals surface area contributed by atoms with E-state index in [1.807, 2.05) is 0 Å². The molecule has 0 bridgehead atoms. The van der Waals surface area contributed by atoms with Crippen molar-refractivity contribution in [1.29, 1.82) is 0 Å². The van der Waals surface area contributed by atoms with E-state index in [2.05, 4.69) is 63.6 Å². The molecule has 2 aromatic carbocycles. The second kappa shape index (κ2) is 14.3. The van der Waals surface area contributed by atoms with Crippen LogP contribution in [0.2, 0.25) is 0 Å². The van der Waals surface area contributed by atoms with Gasteiger partial charge in [0.2, 0.25) is 16.0 Å². The highest BCUT2D eigenvalue weighted by atomic mass is 32.2. The van der Waals surface area contributed by atoms with Crippen LogP contribution in [0, 0.1) is 0 Å². The van der Waals surface area contributed by atoms with Crippen molar-refractivity contribution in [3.63, 3.8) is 0 Å². The predicted octanol–water partition coefficient (Wildman–Crippen LogP) is 5.81. The lowest BCUT2D eigenvalue weighted by molar-refractivity contribution is -0.274. The van der Waals surface area contributed by atoms with Crippen LogP contribution in [0.3, 0.4) is 0 Å². The van der Waals surface area contributed by atoms with Crippen LogP contribution < -0.4 is 24.6 Å². The lowest BCUT2D eigenvalue weighted by atomic mass is 10.00. The minimum atomic E-state index is -4.99. The standard InChI is InChI=1S/C35H39F3N10O4S/c1-5-22-20-27(29(52-35(36,37)38)21-28(22)48-13-8-23(9-14-48)47-17-15-45(2)16-18-47)43-34-42-26-10-19-51-32(26)33(44-34)41-25-7-6-24-30(40-12-11-39-24)31(25)46(3)53(4,49)50/h5-7,10-12,19-21,23H,1,8-9,13-18H2,2-4H3,(H2,41,42,43,44). The van der Waals surface area contributed by atoms with E-state index in [0.29, 0.717) is 52.6 Å². The fourth-order valence-corrected chi connectivity index (χ4v) is 7.36. The van der Waals surface area contributed by atoms with E-state index >= 15 is 0 Å². The van der Waals surface area contributed by atoms with Crippen LogP contribution in [0.15, 0.2) is 60.0 Å². The van der Waals surface area contributed by atoms with Crippen molar-refractivity contribution in [3.8, 4) is 5.75 Å². The Morgan fingerprint density at radius 1 is 0.981 bits per heavy atom. The number of halogens is 3. The van der Waals surface area contributed by atoms with Crippen molar-refractivity contribution < 1.29 is 30.7 Å². The second-order valence-corrected chi connectivity index (χ2v) is 15.1. The van der Waals surface area contributed by atoms with Crippen LogP contribution >= 0.6 is 0 Å². The van der Waals surface area contributed by atoms with Crippen LogP contribution in [0.1, 0.15) is 18.4 Å². The number of fused-ring (bicyclic) bond motifs is 2. The zero-order valence-electron chi connectivity index (χ0n) is 29.4. The van der Waals surface area contributed by atoms with Gasteiger partial charge in [-0.3, -0.25) is 19.2 Å². The summed E-state index contributed by atoms with van der Waals surface area (Å²) < 4.78 is 78.3. The van der Waals surface area contributed by atoms with Gasteiger partial charge in [-0.15, -0.1) is 13.2 Å². The largest absolute Gasteiger partial charge is 0.573 e. The number of nitrogens with one attached hydrogen (secondary N) is 2. The highest BCUT2D eigenvalue weighted by Gasteiger charge is 2.34. The number of rotatable bonds is 10. The lowest BCUT2D eigenvalue weighted by Crippen LogP contribution is -2.52. The third-order valence-corrected chi connectivity index (χ3v) is 10.8. The Hall–Kier alpha value is -5.20. The van der Waals surface area contributed by atoms with Crippen molar-refractivity contribution in [2.24, 2.45) is 0 Å². The van der Waals surface area contributed by atoms with Gasteiger partial charge in [0.15, 0.2) is 17.2 Å². The van der Waals surface area contributed by atoms with Gasteiger partial charge in [-0.05, 0) is 43.7 Å². The molecular weight excluding hydrogens is 714 g/mol. The number of likely N-dealkylation sites (N-methyl/N-ethyl adjacent to an activating group) is 1. The highest BCUT2D eigenvalue weighted by molar-refractivity contribution is 7.92. The summed E-state index contributed by atoms with van der Waals surface area (Å²) in [7, 11) is -0.249. The highest BCUT2D eigenvalue weighted by Crippen LogP contribution is 2.41. The lowest BCUT2D eigenvalue weighted by Gasteiger charge is -2.43. The Balaban J connectivity index is 1.22. The first-order valence-corrected chi connectivity index (χ1v) is 18.8. The average Bonchev–Trinajstić information content (AvgIpc) is 3.60. The van der Waals surface area contributed by atoms with Gasteiger partial charge < -0.3 is 29.6 Å². The molecular formula is C35H39F3N10O4S. The maximum Gasteiger partial charge on any atom is 0.573 e. The quantitative estimate of drug-likeness (QED) is 0.177. The molecule has 0 spiro atoms. The fraction of sp³-hybridized carbons (Fsp3) is 0.371. The van der Waals surface area contributed by atoms with Crippen LogP contribution in [0.25, 0.3) is 28.2 Å².